The van der Waals surface area contributed by atoms with Crippen molar-refractivity contribution < 1.29 is 0 Å². The molecule has 1 aromatic rings. The fourth-order valence-corrected chi connectivity index (χ4v) is 2.01. The van der Waals surface area contributed by atoms with E-state index >= 15 is 0 Å². The van der Waals surface area contributed by atoms with Crippen LogP contribution in [0.3, 0.4) is 0 Å². The molecule has 0 fully saturated rings. The van der Waals surface area contributed by atoms with Crippen molar-refractivity contribution in [2.75, 3.05) is 7.05 Å². The van der Waals surface area contributed by atoms with Crippen LogP contribution in [0, 0.1) is 0 Å². The third-order valence-corrected chi connectivity index (χ3v) is 3.47. The molecule has 0 aliphatic heterocycles. The third-order valence-electron chi connectivity index (χ3n) is 3.47. The van der Waals surface area contributed by atoms with Crippen LogP contribution in [0.2, 0.25) is 0 Å². The third kappa shape index (κ3) is 3.06. The van der Waals surface area contributed by atoms with Crippen LogP contribution in [-0.4, -0.2) is 12.6 Å². The van der Waals surface area contributed by atoms with Crippen LogP contribution in [0.4, 0.5) is 0 Å². The maximum Gasteiger partial charge on any atom is 0.0477 e. The summed E-state index contributed by atoms with van der Waals surface area (Å²) in [6.07, 6.45) is 3.52. The van der Waals surface area contributed by atoms with Crippen molar-refractivity contribution in [3.8, 4) is 0 Å². The molecule has 2 unspecified atom stereocenters. The van der Waals surface area contributed by atoms with E-state index in [9.17, 15) is 0 Å². The SMILES string of the molecule is CCCCC(C)(NC)C(N)c1ccccc1. The highest BCUT2D eigenvalue weighted by atomic mass is 15.0. The van der Waals surface area contributed by atoms with Crippen LogP contribution >= 0.6 is 0 Å². The molecule has 0 aliphatic rings. The van der Waals surface area contributed by atoms with Gasteiger partial charge in [0.05, 0.1) is 0 Å². The summed E-state index contributed by atoms with van der Waals surface area (Å²) in [6.45, 7) is 4.42. The van der Waals surface area contributed by atoms with Crippen LogP contribution in [0.15, 0.2) is 30.3 Å². The molecule has 0 aliphatic carbocycles. The van der Waals surface area contributed by atoms with Crippen molar-refractivity contribution in [1.29, 1.82) is 0 Å². The first kappa shape index (κ1) is 13.2. The van der Waals surface area contributed by atoms with Crippen LogP contribution < -0.4 is 11.1 Å². The Morgan fingerprint density at radius 3 is 2.44 bits per heavy atom. The van der Waals surface area contributed by atoms with Gasteiger partial charge in [0.1, 0.15) is 0 Å². The van der Waals surface area contributed by atoms with Crippen molar-refractivity contribution in [3.05, 3.63) is 35.9 Å². The van der Waals surface area contributed by atoms with E-state index in [4.69, 9.17) is 5.73 Å². The number of nitrogens with one attached hydrogen (secondary N) is 1. The molecule has 0 radical (unpaired) electrons. The summed E-state index contributed by atoms with van der Waals surface area (Å²) in [5.41, 5.74) is 7.55. The van der Waals surface area contributed by atoms with Gasteiger partial charge in [0.25, 0.3) is 0 Å². The molecule has 0 heterocycles. The highest BCUT2D eigenvalue weighted by molar-refractivity contribution is 5.22. The number of nitrogens with two attached hydrogens (primary N) is 1. The average molecular weight is 220 g/mol. The molecule has 0 aromatic heterocycles. The number of benzene rings is 1. The minimum absolute atomic E-state index is 0.0165. The van der Waals surface area contributed by atoms with E-state index in [0.29, 0.717) is 0 Å². The van der Waals surface area contributed by atoms with Gasteiger partial charge >= 0.3 is 0 Å². The number of likely N-dealkylation sites (N-methyl/N-ethyl adjacent to an activating group) is 1. The maximum absolute atomic E-state index is 6.36. The van der Waals surface area contributed by atoms with Crippen molar-refractivity contribution in [2.24, 2.45) is 5.73 Å². The molecule has 90 valence electrons. The Labute approximate surface area is 99.2 Å². The van der Waals surface area contributed by atoms with E-state index in [2.05, 4.69) is 31.3 Å². The van der Waals surface area contributed by atoms with Crippen LogP contribution in [0.5, 0.6) is 0 Å². The number of unbranched alkanes of at least 4 members (excludes halogenated alkanes) is 1. The summed E-state index contributed by atoms with van der Waals surface area (Å²) in [5.74, 6) is 0. The predicted octanol–water partition coefficient (Wildman–Crippen LogP) is 2.85. The quantitative estimate of drug-likeness (QED) is 0.773. The summed E-state index contributed by atoms with van der Waals surface area (Å²) in [6, 6.07) is 10.4. The molecule has 1 rings (SSSR count). The second-order valence-electron chi connectivity index (χ2n) is 4.66. The summed E-state index contributed by atoms with van der Waals surface area (Å²) in [7, 11) is 2.00. The molecule has 0 saturated carbocycles. The largest absolute Gasteiger partial charge is 0.322 e. The normalized spacial score (nSPS) is 16.8. The smallest absolute Gasteiger partial charge is 0.0477 e. The molecule has 16 heavy (non-hydrogen) atoms. The monoisotopic (exact) mass is 220 g/mol. The van der Waals surface area contributed by atoms with E-state index in [1.807, 2.05) is 25.2 Å². The lowest BCUT2D eigenvalue weighted by Gasteiger charge is -2.35. The summed E-state index contributed by atoms with van der Waals surface area (Å²) < 4.78 is 0. The zero-order chi connectivity index (χ0) is 12.0. The molecule has 0 saturated heterocycles. The van der Waals surface area contributed by atoms with Gasteiger partial charge in [0.15, 0.2) is 0 Å². The van der Waals surface area contributed by atoms with E-state index in [-0.39, 0.29) is 11.6 Å². The van der Waals surface area contributed by atoms with Gasteiger partial charge in [-0.25, -0.2) is 0 Å². The first-order valence-electron chi connectivity index (χ1n) is 6.13. The number of hydrogen-bond donors (Lipinski definition) is 2. The van der Waals surface area contributed by atoms with E-state index < -0.39 is 0 Å². The van der Waals surface area contributed by atoms with Crippen molar-refractivity contribution >= 4 is 0 Å². The maximum atomic E-state index is 6.36. The fraction of sp³-hybridized carbons (Fsp3) is 0.571. The Hall–Kier alpha value is -0.860. The topological polar surface area (TPSA) is 38.0 Å². The molecule has 3 N–H and O–H groups in total. The molecule has 1 aromatic carbocycles. The van der Waals surface area contributed by atoms with Crippen molar-refractivity contribution in [3.63, 3.8) is 0 Å². The van der Waals surface area contributed by atoms with Gasteiger partial charge < -0.3 is 11.1 Å². The van der Waals surface area contributed by atoms with Crippen LogP contribution in [0.1, 0.15) is 44.7 Å². The second kappa shape index (κ2) is 6.02. The van der Waals surface area contributed by atoms with Gasteiger partial charge in [0.2, 0.25) is 0 Å². The highest BCUT2D eigenvalue weighted by Crippen LogP contribution is 2.27. The lowest BCUT2D eigenvalue weighted by atomic mass is 9.83. The highest BCUT2D eigenvalue weighted by Gasteiger charge is 2.30. The van der Waals surface area contributed by atoms with Gasteiger partial charge in [-0.15, -0.1) is 0 Å². The zero-order valence-corrected chi connectivity index (χ0v) is 10.7. The van der Waals surface area contributed by atoms with Gasteiger partial charge in [-0.2, -0.15) is 0 Å². The lowest BCUT2D eigenvalue weighted by Crippen LogP contribution is -2.49. The summed E-state index contributed by atoms with van der Waals surface area (Å²) >= 11 is 0. The summed E-state index contributed by atoms with van der Waals surface area (Å²) in [4.78, 5) is 0. The first-order chi connectivity index (χ1) is 7.64. The predicted molar refractivity (Wildman–Crippen MR) is 70.4 cm³/mol. The lowest BCUT2D eigenvalue weighted by molar-refractivity contribution is 0.286. The molecule has 2 heteroatoms. The average Bonchev–Trinajstić information content (AvgIpc) is 2.36. The Balaban J connectivity index is 2.79. The molecular formula is C14H24N2. The van der Waals surface area contributed by atoms with Gasteiger partial charge in [-0.05, 0) is 26.0 Å². The van der Waals surface area contributed by atoms with Gasteiger partial charge in [0, 0.05) is 11.6 Å². The van der Waals surface area contributed by atoms with E-state index in [0.717, 1.165) is 6.42 Å². The molecule has 0 amide bonds. The molecule has 2 nitrogen and oxygen atoms in total. The van der Waals surface area contributed by atoms with Crippen molar-refractivity contribution in [2.45, 2.75) is 44.7 Å². The van der Waals surface area contributed by atoms with Crippen molar-refractivity contribution in [1.82, 2.24) is 5.32 Å². The minimum Gasteiger partial charge on any atom is -0.322 e. The minimum atomic E-state index is -0.0165. The Morgan fingerprint density at radius 2 is 1.94 bits per heavy atom. The zero-order valence-electron chi connectivity index (χ0n) is 10.7. The molecule has 2 atom stereocenters. The van der Waals surface area contributed by atoms with Gasteiger partial charge in [-0.3, -0.25) is 0 Å². The Morgan fingerprint density at radius 1 is 1.31 bits per heavy atom. The van der Waals surface area contributed by atoms with Gasteiger partial charge in [-0.1, -0.05) is 50.1 Å². The number of rotatable bonds is 6. The van der Waals surface area contributed by atoms with Crippen LogP contribution in [-0.2, 0) is 0 Å². The van der Waals surface area contributed by atoms with E-state index in [1.165, 1.54) is 18.4 Å². The summed E-state index contributed by atoms with van der Waals surface area (Å²) in [5, 5.41) is 3.39. The second-order valence-corrected chi connectivity index (χ2v) is 4.66. The standard InChI is InChI=1S/C14H24N2/c1-4-5-11-14(2,16-3)13(15)12-9-7-6-8-10-12/h6-10,13,16H,4-5,11,15H2,1-3H3. The Bertz CT molecular complexity index is 297. The van der Waals surface area contributed by atoms with E-state index in [1.54, 1.807) is 0 Å². The van der Waals surface area contributed by atoms with Crippen LogP contribution in [0.25, 0.3) is 0 Å². The molecular weight excluding hydrogens is 196 g/mol. The fourth-order valence-electron chi connectivity index (χ4n) is 2.01. The Kier molecular flexibility index (Phi) is 4.97. The first-order valence-corrected chi connectivity index (χ1v) is 6.13. The molecule has 0 bridgehead atoms. The molecule has 0 spiro atoms. The number of hydrogen-bond acceptors (Lipinski definition) is 2.